The summed E-state index contributed by atoms with van der Waals surface area (Å²) in [6.45, 7) is 3.19. The minimum Gasteiger partial charge on any atom is -0.265 e. The fraction of sp³-hybridized carbons (Fsp3) is 0.538. The number of anilines is 1. The average molecular weight is 215 g/mol. The fourth-order valence-electron chi connectivity index (χ4n) is 2.26. The molecule has 1 aromatic rings. The molecule has 3 rings (SSSR count). The van der Waals surface area contributed by atoms with Gasteiger partial charge < -0.3 is 0 Å². The summed E-state index contributed by atoms with van der Waals surface area (Å²) in [4.78, 5) is 4.47. The standard InChI is InChI=1S/C13H17N3/c1-10-8-15-16(9-10)12-5-6-14-13(7-12)11-3-2-4-11/h5-8,10-11H,2-4,9H2,1H3. The smallest absolute Gasteiger partial charge is 0.0627 e. The molecule has 1 unspecified atom stereocenters. The summed E-state index contributed by atoms with van der Waals surface area (Å²) in [5.74, 6) is 1.25. The van der Waals surface area contributed by atoms with E-state index in [1.165, 1.54) is 30.6 Å². The number of hydrogen-bond donors (Lipinski definition) is 0. The molecule has 1 atom stereocenters. The van der Waals surface area contributed by atoms with Crippen molar-refractivity contribution in [2.24, 2.45) is 11.0 Å². The lowest BCUT2D eigenvalue weighted by molar-refractivity contribution is 0.411. The van der Waals surface area contributed by atoms with Crippen molar-refractivity contribution in [3.05, 3.63) is 24.0 Å². The third kappa shape index (κ3) is 1.70. The highest BCUT2D eigenvalue weighted by Gasteiger charge is 2.22. The molecule has 0 radical (unpaired) electrons. The maximum absolute atomic E-state index is 4.47. The molecular weight excluding hydrogens is 198 g/mol. The Hall–Kier alpha value is -1.38. The molecule has 0 amide bonds. The predicted octanol–water partition coefficient (Wildman–Crippen LogP) is 2.79. The number of hydrazone groups is 1. The Morgan fingerprint density at radius 1 is 1.38 bits per heavy atom. The second-order valence-electron chi connectivity index (χ2n) is 4.89. The predicted molar refractivity (Wildman–Crippen MR) is 65.8 cm³/mol. The van der Waals surface area contributed by atoms with Gasteiger partial charge in [0.15, 0.2) is 0 Å². The van der Waals surface area contributed by atoms with E-state index in [0.717, 1.165) is 6.54 Å². The number of nitrogens with zero attached hydrogens (tertiary/aromatic N) is 3. The maximum atomic E-state index is 4.47. The van der Waals surface area contributed by atoms with Gasteiger partial charge in [0.2, 0.25) is 0 Å². The summed E-state index contributed by atoms with van der Waals surface area (Å²) in [6, 6.07) is 4.26. The van der Waals surface area contributed by atoms with E-state index in [0.29, 0.717) is 11.8 Å². The Kier molecular flexibility index (Phi) is 2.39. The zero-order valence-corrected chi connectivity index (χ0v) is 9.63. The number of hydrogen-bond acceptors (Lipinski definition) is 3. The highest BCUT2D eigenvalue weighted by atomic mass is 15.5. The lowest BCUT2D eigenvalue weighted by atomic mass is 9.82. The second-order valence-corrected chi connectivity index (χ2v) is 4.89. The molecule has 1 fully saturated rings. The first-order chi connectivity index (χ1) is 7.83. The van der Waals surface area contributed by atoms with E-state index in [-0.39, 0.29) is 0 Å². The quantitative estimate of drug-likeness (QED) is 0.759. The lowest BCUT2D eigenvalue weighted by Gasteiger charge is -2.25. The minimum atomic E-state index is 0.556. The first kappa shape index (κ1) is 9.82. The van der Waals surface area contributed by atoms with Crippen LogP contribution in [0.15, 0.2) is 23.4 Å². The summed E-state index contributed by atoms with van der Waals surface area (Å²) < 4.78 is 0. The SMILES string of the molecule is CC1C=NN(c2ccnc(C3CCC3)c2)C1. The van der Waals surface area contributed by atoms with Gasteiger partial charge in [-0.2, -0.15) is 5.10 Å². The van der Waals surface area contributed by atoms with Crippen molar-refractivity contribution in [3.8, 4) is 0 Å². The first-order valence-corrected chi connectivity index (χ1v) is 6.10. The van der Waals surface area contributed by atoms with E-state index in [1.807, 2.05) is 12.4 Å². The highest BCUT2D eigenvalue weighted by molar-refractivity contribution is 5.67. The normalized spacial score (nSPS) is 24.8. The van der Waals surface area contributed by atoms with Crippen LogP contribution >= 0.6 is 0 Å². The van der Waals surface area contributed by atoms with Gasteiger partial charge in [0.25, 0.3) is 0 Å². The van der Waals surface area contributed by atoms with Gasteiger partial charge >= 0.3 is 0 Å². The molecule has 0 aromatic carbocycles. The van der Waals surface area contributed by atoms with Crippen LogP contribution < -0.4 is 5.01 Å². The topological polar surface area (TPSA) is 28.5 Å². The van der Waals surface area contributed by atoms with Crippen LogP contribution in [0.2, 0.25) is 0 Å². The van der Waals surface area contributed by atoms with E-state index in [2.05, 4.69) is 34.2 Å². The minimum absolute atomic E-state index is 0.556. The largest absolute Gasteiger partial charge is 0.265 e. The molecule has 1 aliphatic carbocycles. The zero-order valence-electron chi connectivity index (χ0n) is 9.63. The zero-order chi connectivity index (χ0) is 11.0. The average Bonchev–Trinajstić information content (AvgIpc) is 2.63. The molecule has 2 aliphatic rings. The number of pyridine rings is 1. The van der Waals surface area contributed by atoms with E-state index in [1.54, 1.807) is 0 Å². The second kappa shape index (κ2) is 3.89. The molecule has 1 saturated carbocycles. The van der Waals surface area contributed by atoms with Gasteiger partial charge in [-0.05, 0) is 25.0 Å². The summed E-state index contributed by atoms with van der Waals surface area (Å²) in [5.41, 5.74) is 2.44. The molecule has 84 valence electrons. The van der Waals surface area contributed by atoms with Crippen LogP contribution in [0.4, 0.5) is 5.69 Å². The number of rotatable bonds is 2. The van der Waals surface area contributed by atoms with Crippen molar-refractivity contribution in [1.82, 2.24) is 4.98 Å². The van der Waals surface area contributed by atoms with Crippen molar-refractivity contribution >= 4 is 11.9 Å². The Labute approximate surface area is 96.2 Å². The van der Waals surface area contributed by atoms with Gasteiger partial charge in [-0.25, -0.2) is 0 Å². The van der Waals surface area contributed by atoms with Crippen molar-refractivity contribution < 1.29 is 0 Å². The summed E-state index contributed by atoms with van der Waals surface area (Å²) in [7, 11) is 0. The highest BCUT2D eigenvalue weighted by Crippen LogP contribution is 2.36. The first-order valence-electron chi connectivity index (χ1n) is 6.10. The van der Waals surface area contributed by atoms with Crippen LogP contribution in [-0.2, 0) is 0 Å². The molecule has 3 nitrogen and oxygen atoms in total. The molecule has 2 heterocycles. The van der Waals surface area contributed by atoms with Crippen LogP contribution in [0.25, 0.3) is 0 Å². The van der Waals surface area contributed by atoms with E-state index in [9.17, 15) is 0 Å². The van der Waals surface area contributed by atoms with Crippen molar-refractivity contribution in [2.75, 3.05) is 11.6 Å². The van der Waals surface area contributed by atoms with Crippen molar-refractivity contribution in [1.29, 1.82) is 0 Å². The molecule has 0 N–H and O–H groups in total. The fourth-order valence-corrected chi connectivity index (χ4v) is 2.26. The van der Waals surface area contributed by atoms with Crippen molar-refractivity contribution in [3.63, 3.8) is 0 Å². The van der Waals surface area contributed by atoms with Crippen LogP contribution in [-0.4, -0.2) is 17.7 Å². The Morgan fingerprint density at radius 3 is 2.88 bits per heavy atom. The van der Waals surface area contributed by atoms with Gasteiger partial charge in [-0.3, -0.25) is 9.99 Å². The van der Waals surface area contributed by atoms with Gasteiger partial charge in [0.1, 0.15) is 0 Å². The molecule has 1 aliphatic heterocycles. The van der Waals surface area contributed by atoms with Gasteiger partial charge in [0.05, 0.1) is 5.69 Å². The Balaban J connectivity index is 1.82. The monoisotopic (exact) mass is 215 g/mol. The van der Waals surface area contributed by atoms with Crippen LogP contribution in [0.3, 0.4) is 0 Å². The molecule has 3 heteroatoms. The van der Waals surface area contributed by atoms with Gasteiger partial charge in [0, 0.05) is 36.5 Å². The molecule has 0 spiro atoms. The summed E-state index contributed by atoms with van der Waals surface area (Å²) in [5, 5.41) is 6.49. The maximum Gasteiger partial charge on any atom is 0.0627 e. The van der Waals surface area contributed by atoms with E-state index in [4.69, 9.17) is 0 Å². The molecule has 0 saturated heterocycles. The number of aromatic nitrogens is 1. The van der Waals surface area contributed by atoms with Crippen LogP contribution in [0, 0.1) is 5.92 Å². The molecule has 1 aromatic heterocycles. The van der Waals surface area contributed by atoms with Gasteiger partial charge in [-0.1, -0.05) is 13.3 Å². The van der Waals surface area contributed by atoms with E-state index >= 15 is 0 Å². The molecule has 0 bridgehead atoms. The lowest BCUT2D eigenvalue weighted by Crippen LogP contribution is -2.17. The third-order valence-electron chi connectivity index (χ3n) is 3.51. The van der Waals surface area contributed by atoms with Gasteiger partial charge in [-0.15, -0.1) is 0 Å². The van der Waals surface area contributed by atoms with E-state index < -0.39 is 0 Å². The summed E-state index contributed by atoms with van der Waals surface area (Å²) >= 11 is 0. The van der Waals surface area contributed by atoms with Crippen molar-refractivity contribution in [2.45, 2.75) is 32.1 Å². The Morgan fingerprint density at radius 2 is 2.25 bits per heavy atom. The summed E-state index contributed by atoms with van der Waals surface area (Å²) in [6.07, 6.45) is 7.90. The third-order valence-corrected chi connectivity index (χ3v) is 3.51. The van der Waals surface area contributed by atoms with Crippen LogP contribution in [0.5, 0.6) is 0 Å². The molecular formula is C13H17N3. The molecule has 16 heavy (non-hydrogen) atoms. The Bertz CT molecular complexity index is 409. The van der Waals surface area contributed by atoms with Crippen LogP contribution in [0.1, 0.15) is 37.8 Å².